The van der Waals surface area contributed by atoms with Crippen molar-refractivity contribution < 1.29 is 0 Å². The summed E-state index contributed by atoms with van der Waals surface area (Å²) in [6.07, 6.45) is 8.49. The Hall–Kier alpha value is -1.18. The molecule has 0 aromatic rings. The molecule has 0 N–H and O–H groups in total. The van der Waals surface area contributed by atoms with Crippen LogP contribution in [0, 0.1) is 0 Å². The summed E-state index contributed by atoms with van der Waals surface area (Å²) < 4.78 is 0. The van der Waals surface area contributed by atoms with E-state index in [1.807, 2.05) is 18.4 Å². The van der Waals surface area contributed by atoms with Crippen molar-refractivity contribution in [3.63, 3.8) is 0 Å². The molecule has 0 aromatic heterocycles. The summed E-state index contributed by atoms with van der Waals surface area (Å²) in [6, 6.07) is 0. The molecule has 0 saturated heterocycles. The molecule has 2 aliphatic heterocycles. The smallest absolute Gasteiger partial charge is 0.0862 e. The zero-order valence-electron chi connectivity index (χ0n) is 4.91. The second kappa shape index (κ2) is 1.65. The van der Waals surface area contributed by atoms with Gasteiger partial charge < -0.3 is 0 Å². The van der Waals surface area contributed by atoms with Gasteiger partial charge in [-0.15, -0.1) is 0 Å². The Morgan fingerprint density at radius 1 is 1.22 bits per heavy atom. The van der Waals surface area contributed by atoms with Gasteiger partial charge in [-0.05, 0) is 6.08 Å². The molecule has 2 heterocycles. The normalized spacial score (nSPS) is 21.3. The van der Waals surface area contributed by atoms with E-state index in [2.05, 4.69) is 9.98 Å². The second-order valence-electron chi connectivity index (χ2n) is 1.99. The van der Waals surface area contributed by atoms with Gasteiger partial charge in [-0.2, -0.15) is 0 Å². The molecule has 2 rings (SSSR count). The third kappa shape index (κ3) is 0.633. The Balaban J connectivity index is 2.46. The van der Waals surface area contributed by atoms with E-state index in [1.165, 1.54) is 0 Å². The Morgan fingerprint density at radius 3 is 3.11 bits per heavy atom. The Bertz CT molecular complexity index is 244. The first-order chi connectivity index (χ1) is 4.47. The average Bonchev–Trinajstić information content (AvgIpc) is 2.33. The van der Waals surface area contributed by atoms with Crippen LogP contribution in [0.2, 0.25) is 0 Å². The van der Waals surface area contributed by atoms with Crippen LogP contribution in [0.3, 0.4) is 0 Å². The topological polar surface area (TPSA) is 24.7 Å². The van der Waals surface area contributed by atoms with Crippen molar-refractivity contribution in [2.75, 3.05) is 0 Å². The maximum absolute atomic E-state index is 4.11. The molecule has 0 aromatic carbocycles. The van der Waals surface area contributed by atoms with Crippen LogP contribution in [-0.4, -0.2) is 11.4 Å². The first-order valence-corrected chi connectivity index (χ1v) is 2.93. The Labute approximate surface area is 53.3 Å². The van der Waals surface area contributed by atoms with Gasteiger partial charge in [0.15, 0.2) is 0 Å². The molecule has 2 heteroatoms. The lowest BCUT2D eigenvalue weighted by Crippen LogP contribution is -2.08. The van der Waals surface area contributed by atoms with Crippen LogP contribution in [0.1, 0.15) is 6.42 Å². The van der Waals surface area contributed by atoms with Gasteiger partial charge in [0.1, 0.15) is 0 Å². The fourth-order valence-corrected chi connectivity index (χ4v) is 0.932. The maximum Gasteiger partial charge on any atom is 0.0862 e. The maximum atomic E-state index is 4.11. The molecule has 0 amide bonds. The summed E-state index contributed by atoms with van der Waals surface area (Å²) >= 11 is 0. The van der Waals surface area contributed by atoms with E-state index in [4.69, 9.17) is 0 Å². The van der Waals surface area contributed by atoms with Gasteiger partial charge >= 0.3 is 0 Å². The summed E-state index contributed by atoms with van der Waals surface area (Å²) in [5.74, 6) is 0. The van der Waals surface area contributed by atoms with E-state index < -0.39 is 0 Å². The monoisotopic (exact) mass is 118 g/mol. The number of hydrogen-bond acceptors (Lipinski definition) is 2. The molecule has 2 aliphatic rings. The third-order valence-corrected chi connectivity index (χ3v) is 1.39. The molecule has 9 heavy (non-hydrogen) atoms. The first kappa shape index (κ1) is 4.68. The van der Waals surface area contributed by atoms with Crippen LogP contribution in [-0.2, 0) is 0 Å². The van der Waals surface area contributed by atoms with Gasteiger partial charge in [-0.3, -0.25) is 9.98 Å². The van der Waals surface area contributed by atoms with E-state index in [9.17, 15) is 0 Å². The number of aliphatic imine (C=N–C) groups is 2. The molecular formula is C7H6N2. The lowest BCUT2D eigenvalue weighted by Gasteiger charge is -1.99. The number of fused-ring (bicyclic) bond motifs is 1. The number of rotatable bonds is 0. The van der Waals surface area contributed by atoms with Crippen molar-refractivity contribution in [2.45, 2.75) is 6.42 Å². The molecule has 0 aliphatic carbocycles. The van der Waals surface area contributed by atoms with Crippen LogP contribution in [0.25, 0.3) is 0 Å². The zero-order chi connectivity index (χ0) is 6.10. The van der Waals surface area contributed by atoms with Crippen LogP contribution in [0.4, 0.5) is 0 Å². The predicted molar refractivity (Wildman–Crippen MR) is 37.8 cm³/mol. The molecule has 0 spiro atoms. The Morgan fingerprint density at radius 2 is 2.22 bits per heavy atom. The second-order valence-corrected chi connectivity index (χ2v) is 1.99. The minimum Gasteiger partial charge on any atom is -0.259 e. The van der Waals surface area contributed by atoms with Gasteiger partial charge in [0.2, 0.25) is 0 Å². The Kier molecular flexibility index (Phi) is 0.859. The fourth-order valence-electron chi connectivity index (χ4n) is 0.932. The minimum atomic E-state index is 0.936. The third-order valence-electron chi connectivity index (χ3n) is 1.39. The van der Waals surface area contributed by atoms with Gasteiger partial charge in [0.25, 0.3) is 0 Å². The predicted octanol–water partition coefficient (Wildman–Crippen LogP) is 1.31. The number of hydrogen-bond donors (Lipinski definition) is 0. The summed E-state index contributed by atoms with van der Waals surface area (Å²) in [6.45, 7) is 0. The number of nitrogens with zero attached hydrogens (tertiary/aromatic N) is 2. The average molecular weight is 118 g/mol. The van der Waals surface area contributed by atoms with Gasteiger partial charge in [-0.1, -0.05) is 6.08 Å². The summed E-state index contributed by atoms with van der Waals surface area (Å²) in [5, 5.41) is 0. The van der Waals surface area contributed by atoms with Crippen molar-refractivity contribution in [1.82, 2.24) is 0 Å². The highest BCUT2D eigenvalue weighted by Crippen LogP contribution is 2.07. The standard InChI is InChI=1S/C7H6N2/c1-2-6-7(8-4-1)3-5-9-6/h1,3-5H,2H2. The fraction of sp³-hybridized carbons (Fsp3) is 0.143. The first-order valence-electron chi connectivity index (χ1n) is 2.93. The quantitative estimate of drug-likeness (QED) is 0.458. The SMILES string of the molecule is C1=CN=C2C=CN=C2C1. The van der Waals surface area contributed by atoms with Crippen molar-refractivity contribution in [2.24, 2.45) is 9.98 Å². The van der Waals surface area contributed by atoms with Gasteiger partial charge in [0, 0.05) is 18.8 Å². The molecule has 0 bridgehead atoms. The molecular weight excluding hydrogens is 112 g/mol. The molecule has 0 saturated carbocycles. The van der Waals surface area contributed by atoms with E-state index >= 15 is 0 Å². The molecule has 0 atom stereocenters. The molecule has 0 unspecified atom stereocenters. The van der Waals surface area contributed by atoms with Crippen molar-refractivity contribution in [3.8, 4) is 0 Å². The molecule has 2 nitrogen and oxygen atoms in total. The van der Waals surface area contributed by atoms with Crippen molar-refractivity contribution in [1.29, 1.82) is 0 Å². The van der Waals surface area contributed by atoms with Crippen LogP contribution >= 0.6 is 0 Å². The van der Waals surface area contributed by atoms with Gasteiger partial charge in [-0.25, -0.2) is 0 Å². The summed E-state index contributed by atoms with van der Waals surface area (Å²) in [4.78, 5) is 8.22. The van der Waals surface area contributed by atoms with Gasteiger partial charge in [0.05, 0.1) is 11.4 Å². The minimum absolute atomic E-state index is 0.936. The van der Waals surface area contributed by atoms with E-state index in [0.717, 1.165) is 17.8 Å². The van der Waals surface area contributed by atoms with Crippen LogP contribution in [0.15, 0.2) is 34.5 Å². The van der Waals surface area contributed by atoms with Crippen molar-refractivity contribution in [3.05, 3.63) is 24.6 Å². The van der Waals surface area contributed by atoms with Crippen molar-refractivity contribution >= 4 is 11.4 Å². The molecule has 44 valence electrons. The lowest BCUT2D eigenvalue weighted by molar-refractivity contribution is 1.39. The molecule has 0 fully saturated rings. The summed E-state index contributed by atoms with van der Waals surface area (Å²) in [7, 11) is 0. The highest BCUT2D eigenvalue weighted by Gasteiger charge is 2.09. The highest BCUT2D eigenvalue weighted by molar-refractivity contribution is 6.48. The highest BCUT2D eigenvalue weighted by atomic mass is 14.8. The van der Waals surface area contributed by atoms with E-state index in [0.29, 0.717) is 0 Å². The van der Waals surface area contributed by atoms with E-state index in [-0.39, 0.29) is 0 Å². The zero-order valence-corrected chi connectivity index (χ0v) is 4.91. The number of allylic oxidation sites excluding steroid dienone is 2. The largest absolute Gasteiger partial charge is 0.259 e. The van der Waals surface area contributed by atoms with E-state index in [1.54, 1.807) is 6.20 Å². The molecule has 0 radical (unpaired) electrons. The summed E-state index contributed by atoms with van der Waals surface area (Å²) in [5.41, 5.74) is 2.12. The lowest BCUT2D eigenvalue weighted by atomic mass is 10.1. The van der Waals surface area contributed by atoms with Crippen LogP contribution in [0.5, 0.6) is 0 Å². The van der Waals surface area contributed by atoms with Crippen LogP contribution < -0.4 is 0 Å².